The predicted molar refractivity (Wildman–Crippen MR) is 85.4 cm³/mol. The van der Waals surface area contributed by atoms with Crippen LogP contribution in [0.4, 0.5) is 10.5 Å². The summed E-state index contributed by atoms with van der Waals surface area (Å²) in [7, 11) is 0. The second-order valence-electron chi connectivity index (χ2n) is 4.87. The normalized spacial score (nSPS) is 11.6. The molecule has 1 aromatic carbocycles. The zero-order valence-electron chi connectivity index (χ0n) is 12.5. The molecule has 6 N–H and O–H groups in total. The van der Waals surface area contributed by atoms with Gasteiger partial charge in [0.05, 0.1) is 4.92 Å². The largest absolute Gasteiger partial charge is 0.490 e. The molecule has 2 amide bonds. The Kier molecular flexibility index (Phi) is 7.21. The van der Waals surface area contributed by atoms with Crippen molar-refractivity contribution < 1.29 is 24.4 Å². The molecule has 132 valence electrons. The van der Waals surface area contributed by atoms with Crippen molar-refractivity contribution in [1.29, 1.82) is 0 Å². The van der Waals surface area contributed by atoms with Gasteiger partial charge in [0.2, 0.25) is 5.91 Å². The first kappa shape index (κ1) is 19.5. The van der Waals surface area contributed by atoms with Crippen LogP contribution in [0.2, 0.25) is 5.02 Å². The fourth-order valence-electron chi connectivity index (χ4n) is 1.80. The van der Waals surface area contributed by atoms with E-state index in [1.807, 2.05) is 0 Å². The van der Waals surface area contributed by atoms with E-state index < -0.39 is 28.7 Å². The molecule has 1 atom stereocenters. The summed E-state index contributed by atoms with van der Waals surface area (Å²) in [6, 6.07) is 1.72. The van der Waals surface area contributed by atoms with Gasteiger partial charge in [-0.2, -0.15) is 0 Å². The van der Waals surface area contributed by atoms with E-state index in [-0.39, 0.29) is 29.5 Å². The molecule has 24 heavy (non-hydrogen) atoms. The number of nitrogens with one attached hydrogen (secondary N) is 1. The van der Waals surface area contributed by atoms with Crippen LogP contribution >= 0.6 is 11.6 Å². The lowest BCUT2D eigenvalue weighted by molar-refractivity contribution is -0.384. The monoisotopic (exact) mass is 360 g/mol. The van der Waals surface area contributed by atoms with Gasteiger partial charge in [0.15, 0.2) is 5.02 Å². The molecule has 0 saturated carbocycles. The van der Waals surface area contributed by atoms with Crippen molar-refractivity contribution in [3.63, 3.8) is 0 Å². The highest BCUT2D eigenvalue weighted by molar-refractivity contribution is 6.34. The second kappa shape index (κ2) is 8.89. The van der Waals surface area contributed by atoms with Crippen molar-refractivity contribution in [3.05, 3.63) is 32.8 Å². The summed E-state index contributed by atoms with van der Waals surface area (Å²) < 4.78 is 5.35. The fourth-order valence-corrected chi connectivity index (χ4v) is 2.04. The highest BCUT2D eigenvalue weighted by Gasteiger charge is 2.21. The Morgan fingerprint density at radius 2 is 2.12 bits per heavy atom. The van der Waals surface area contributed by atoms with Gasteiger partial charge in [-0.25, -0.2) is 4.79 Å². The van der Waals surface area contributed by atoms with Gasteiger partial charge in [-0.3, -0.25) is 14.9 Å². The van der Waals surface area contributed by atoms with Gasteiger partial charge in [-0.05, 0) is 18.9 Å². The molecular weight excluding hydrogens is 344 g/mol. The van der Waals surface area contributed by atoms with Gasteiger partial charge in [0.1, 0.15) is 12.4 Å². The number of hydrogen-bond donors (Lipinski definition) is 4. The van der Waals surface area contributed by atoms with E-state index in [1.165, 1.54) is 6.07 Å². The molecule has 1 rings (SSSR count). The van der Waals surface area contributed by atoms with Gasteiger partial charge in [0.25, 0.3) is 5.69 Å². The first-order valence-corrected chi connectivity index (χ1v) is 7.23. The maximum atomic E-state index is 11.2. The van der Waals surface area contributed by atoms with Gasteiger partial charge in [-0.15, -0.1) is 0 Å². The van der Waals surface area contributed by atoms with Crippen molar-refractivity contribution in [3.8, 4) is 5.75 Å². The number of nitro groups is 1. The van der Waals surface area contributed by atoms with Crippen LogP contribution < -0.4 is 21.5 Å². The smallest absolute Gasteiger partial charge is 0.404 e. The average Bonchev–Trinajstić information content (AvgIpc) is 2.49. The molecule has 1 aromatic rings. The summed E-state index contributed by atoms with van der Waals surface area (Å²) in [6.45, 7) is 0.221. The van der Waals surface area contributed by atoms with Crippen LogP contribution in [0.15, 0.2) is 12.1 Å². The lowest BCUT2D eigenvalue weighted by Gasteiger charge is -2.14. The van der Waals surface area contributed by atoms with E-state index in [9.17, 15) is 19.7 Å². The number of rotatable bonds is 9. The highest BCUT2D eigenvalue weighted by Crippen LogP contribution is 2.35. The zero-order chi connectivity index (χ0) is 18.3. The Bertz CT molecular complexity index is 639. The molecule has 0 fully saturated rings. The fraction of sp³-hybridized carbons (Fsp3) is 0.385. The number of amides is 2. The van der Waals surface area contributed by atoms with Crippen LogP contribution in [-0.2, 0) is 0 Å². The van der Waals surface area contributed by atoms with Crippen LogP contribution in [0.5, 0.6) is 5.75 Å². The summed E-state index contributed by atoms with van der Waals surface area (Å²) in [6.07, 6.45) is -0.177. The Hall–Kier alpha value is -2.59. The number of carboxylic acid groups (broad SMARTS) is 1. The van der Waals surface area contributed by atoms with Crippen molar-refractivity contribution in [2.45, 2.75) is 18.9 Å². The average molecular weight is 361 g/mol. The van der Waals surface area contributed by atoms with Crippen LogP contribution in [-0.4, -0.2) is 41.2 Å². The summed E-state index contributed by atoms with van der Waals surface area (Å²) >= 11 is 5.89. The van der Waals surface area contributed by atoms with Gasteiger partial charge in [0, 0.05) is 24.2 Å². The zero-order valence-corrected chi connectivity index (χ0v) is 13.3. The Labute approximate surface area is 141 Å². The molecule has 0 aliphatic heterocycles. The number of ether oxygens (including phenoxy) is 1. The van der Waals surface area contributed by atoms with Crippen LogP contribution in [0.25, 0.3) is 0 Å². The maximum Gasteiger partial charge on any atom is 0.404 e. The SMILES string of the molecule is NC(=O)c1cc(OCC(N)CCCNC(=O)O)c(Cl)c([N+](=O)[O-])c1. The summed E-state index contributed by atoms with van der Waals surface area (Å²) in [5.74, 6) is -0.928. The Morgan fingerprint density at radius 3 is 2.67 bits per heavy atom. The molecule has 0 saturated heterocycles. The number of nitrogens with zero attached hydrogens (tertiary/aromatic N) is 1. The minimum atomic E-state index is -1.12. The Balaban J connectivity index is 2.71. The third-order valence-corrected chi connectivity index (χ3v) is 3.36. The summed E-state index contributed by atoms with van der Waals surface area (Å²) in [4.78, 5) is 31.7. The van der Waals surface area contributed by atoms with Crippen molar-refractivity contribution in [1.82, 2.24) is 5.32 Å². The molecule has 11 heteroatoms. The molecule has 0 aromatic heterocycles. The lowest BCUT2D eigenvalue weighted by Crippen LogP contribution is -2.30. The highest BCUT2D eigenvalue weighted by atomic mass is 35.5. The van der Waals surface area contributed by atoms with Crippen LogP contribution in [0.3, 0.4) is 0 Å². The molecule has 0 aliphatic rings. The lowest BCUT2D eigenvalue weighted by atomic mass is 10.1. The number of carbonyl (C=O) groups is 2. The number of hydrogen-bond acceptors (Lipinski definition) is 6. The van der Waals surface area contributed by atoms with Crippen molar-refractivity contribution in [2.75, 3.05) is 13.2 Å². The number of halogens is 1. The third-order valence-electron chi connectivity index (χ3n) is 2.98. The topological polar surface area (TPSA) is 171 Å². The van der Waals surface area contributed by atoms with Crippen molar-refractivity contribution >= 4 is 29.3 Å². The molecular formula is C13H17ClN4O6. The maximum absolute atomic E-state index is 11.2. The standard InChI is InChI=1S/C13H17ClN4O6/c14-11-9(18(22)23)4-7(12(16)19)5-10(11)24-6-8(15)2-1-3-17-13(20)21/h4-5,8,17H,1-3,6,15H2,(H2,16,19)(H,20,21). The molecule has 1 unspecified atom stereocenters. The van der Waals surface area contributed by atoms with E-state index in [2.05, 4.69) is 5.32 Å². The quantitative estimate of drug-likeness (QED) is 0.290. The third kappa shape index (κ3) is 5.89. The minimum absolute atomic E-state index is 0.0217. The van der Waals surface area contributed by atoms with Crippen LogP contribution in [0, 0.1) is 10.1 Å². The van der Waals surface area contributed by atoms with E-state index in [1.54, 1.807) is 0 Å². The predicted octanol–water partition coefficient (Wildman–Crippen LogP) is 1.10. The van der Waals surface area contributed by atoms with E-state index in [0.717, 1.165) is 6.07 Å². The summed E-state index contributed by atoms with van der Waals surface area (Å²) in [5.41, 5.74) is 10.3. The molecule has 0 heterocycles. The van der Waals surface area contributed by atoms with Crippen molar-refractivity contribution in [2.24, 2.45) is 11.5 Å². The first-order chi connectivity index (χ1) is 11.2. The molecule has 0 bridgehead atoms. The molecule has 10 nitrogen and oxygen atoms in total. The molecule has 0 radical (unpaired) electrons. The second-order valence-corrected chi connectivity index (χ2v) is 5.25. The Morgan fingerprint density at radius 1 is 1.46 bits per heavy atom. The number of carbonyl (C=O) groups excluding carboxylic acids is 1. The molecule has 0 spiro atoms. The number of nitrogens with two attached hydrogens (primary N) is 2. The number of benzene rings is 1. The number of primary amides is 1. The van der Waals surface area contributed by atoms with E-state index in [0.29, 0.717) is 12.8 Å². The van der Waals surface area contributed by atoms with Gasteiger partial charge < -0.3 is 26.6 Å². The first-order valence-electron chi connectivity index (χ1n) is 6.85. The minimum Gasteiger partial charge on any atom is -0.490 e. The number of nitro benzene ring substituents is 1. The van der Waals surface area contributed by atoms with E-state index in [4.69, 9.17) is 32.9 Å². The summed E-state index contributed by atoms with van der Waals surface area (Å²) in [5, 5.41) is 21.3. The van der Waals surface area contributed by atoms with Gasteiger partial charge >= 0.3 is 6.09 Å². The van der Waals surface area contributed by atoms with Gasteiger partial charge in [-0.1, -0.05) is 11.6 Å². The molecule has 0 aliphatic carbocycles. The van der Waals surface area contributed by atoms with Crippen LogP contribution in [0.1, 0.15) is 23.2 Å². The van der Waals surface area contributed by atoms with E-state index >= 15 is 0 Å².